The molecule has 1 saturated carbocycles. The quantitative estimate of drug-likeness (QED) is 0.725. The van der Waals surface area contributed by atoms with Crippen molar-refractivity contribution in [3.05, 3.63) is 23.4 Å². The van der Waals surface area contributed by atoms with E-state index in [1.165, 1.54) is 0 Å². The van der Waals surface area contributed by atoms with Gasteiger partial charge in [-0.15, -0.1) is 0 Å². The van der Waals surface area contributed by atoms with Crippen LogP contribution in [0.15, 0.2) is 12.3 Å². The Morgan fingerprint density at radius 3 is 2.79 bits per heavy atom. The average Bonchev–Trinajstić information content (AvgIpc) is 2.88. The summed E-state index contributed by atoms with van der Waals surface area (Å²) in [5.41, 5.74) is 7.09. The van der Waals surface area contributed by atoms with E-state index in [4.69, 9.17) is 5.73 Å². The lowest BCUT2D eigenvalue weighted by molar-refractivity contribution is 0.0913. The standard InChI is InChI=1S/C11H14N2O/c1-7-5-8(10(12)13-6-7)9(14)11(2)3-4-11/h5-6H,3-4H2,1-2H3,(H2,12,13). The monoisotopic (exact) mass is 190 g/mol. The van der Waals surface area contributed by atoms with Crippen LogP contribution in [0.3, 0.4) is 0 Å². The number of hydrogen-bond acceptors (Lipinski definition) is 3. The molecule has 14 heavy (non-hydrogen) atoms. The lowest BCUT2D eigenvalue weighted by atomic mass is 9.96. The molecule has 2 rings (SSSR count). The minimum absolute atomic E-state index is 0.145. The average molecular weight is 190 g/mol. The molecule has 0 saturated heterocycles. The highest BCUT2D eigenvalue weighted by atomic mass is 16.1. The Hall–Kier alpha value is -1.38. The van der Waals surface area contributed by atoms with Crippen molar-refractivity contribution < 1.29 is 4.79 Å². The molecule has 1 aromatic heterocycles. The van der Waals surface area contributed by atoms with E-state index in [0.29, 0.717) is 11.4 Å². The number of ketones is 1. The van der Waals surface area contributed by atoms with Gasteiger partial charge in [0, 0.05) is 11.6 Å². The minimum atomic E-state index is -0.163. The number of anilines is 1. The molecule has 74 valence electrons. The molecule has 0 amide bonds. The predicted molar refractivity (Wildman–Crippen MR) is 55.1 cm³/mol. The summed E-state index contributed by atoms with van der Waals surface area (Å²) in [5.74, 6) is 0.500. The zero-order valence-electron chi connectivity index (χ0n) is 8.50. The Morgan fingerprint density at radius 2 is 2.21 bits per heavy atom. The zero-order chi connectivity index (χ0) is 10.3. The summed E-state index contributed by atoms with van der Waals surface area (Å²) >= 11 is 0. The molecule has 0 spiro atoms. The summed E-state index contributed by atoms with van der Waals surface area (Å²) in [7, 11) is 0. The molecule has 2 N–H and O–H groups in total. The van der Waals surface area contributed by atoms with Crippen molar-refractivity contribution in [3.8, 4) is 0 Å². The molecule has 3 heteroatoms. The SMILES string of the molecule is Cc1cnc(N)c(C(=O)C2(C)CC2)c1. The topological polar surface area (TPSA) is 56.0 Å². The van der Waals surface area contributed by atoms with Crippen LogP contribution in [0.2, 0.25) is 0 Å². The van der Waals surface area contributed by atoms with Gasteiger partial charge in [0.2, 0.25) is 0 Å². The van der Waals surface area contributed by atoms with Crippen molar-refractivity contribution in [2.24, 2.45) is 5.41 Å². The first kappa shape index (κ1) is 9.19. The van der Waals surface area contributed by atoms with Crippen LogP contribution < -0.4 is 5.73 Å². The van der Waals surface area contributed by atoms with Crippen LogP contribution in [0.25, 0.3) is 0 Å². The predicted octanol–water partition coefficient (Wildman–Crippen LogP) is 1.96. The second kappa shape index (κ2) is 2.80. The van der Waals surface area contributed by atoms with Crippen molar-refractivity contribution in [2.75, 3.05) is 5.73 Å². The van der Waals surface area contributed by atoms with Crippen LogP contribution in [0.5, 0.6) is 0 Å². The van der Waals surface area contributed by atoms with Gasteiger partial charge >= 0.3 is 0 Å². The molecule has 0 bridgehead atoms. The summed E-state index contributed by atoms with van der Waals surface area (Å²) in [5, 5.41) is 0. The first-order valence-corrected chi connectivity index (χ1v) is 4.80. The third-order valence-electron chi connectivity index (χ3n) is 2.85. The van der Waals surface area contributed by atoms with Crippen molar-refractivity contribution in [2.45, 2.75) is 26.7 Å². The fraction of sp³-hybridized carbons (Fsp3) is 0.455. The number of carbonyl (C=O) groups is 1. The maximum Gasteiger partial charge on any atom is 0.172 e. The van der Waals surface area contributed by atoms with E-state index in [2.05, 4.69) is 4.98 Å². The number of nitrogens with two attached hydrogens (primary N) is 1. The van der Waals surface area contributed by atoms with E-state index < -0.39 is 0 Å². The molecule has 1 aliphatic rings. The lowest BCUT2D eigenvalue weighted by Gasteiger charge is -2.09. The summed E-state index contributed by atoms with van der Waals surface area (Å²) < 4.78 is 0. The molecule has 0 radical (unpaired) electrons. The Labute approximate surface area is 83.3 Å². The highest BCUT2D eigenvalue weighted by Gasteiger charge is 2.45. The minimum Gasteiger partial charge on any atom is -0.383 e. The van der Waals surface area contributed by atoms with Gasteiger partial charge in [-0.2, -0.15) is 0 Å². The molecule has 0 aromatic carbocycles. The molecule has 1 aromatic rings. The number of Topliss-reactive ketones (excluding diaryl/α,β-unsaturated/α-hetero) is 1. The first-order chi connectivity index (χ1) is 6.53. The highest BCUT2D eigenvalue weighted by molar-refractivity contribution is 6.05. The lowest BCUT2D eigenvalue weighted by Crippen LogP contribution is -2.15. The number of aryl methyl sites for hydroxylation is 1. The second-order valence-corrected chi connectivity index (χ2v) is 4.34. The number of aromatic nitrogens is 1. The Balaban J connectivity index is 2.40. The van der Waals surface area contributed by atoms with Gasteiger partial charge in [0.05, 0.1) is 5.56 Å². The highest BCUT2D eigenvalue weighted by Crippen LogP contribution is 2.48. The van der Waals surface area contributed by atoms with E-state index in [1.807, 2.05) is 19.9 Å². The third kappa shape index (κ3) is 1.39. The van der Waals surface area contributed by atoms with Crippen LogP contribution in [0.1, 0.15) is 35.7 Å². The number of rotatable bonds is 2. The number of nitrogens with zero attached hydrogens (tertiary/aromatic N) is 1. The van der Waals surface area contributed by atoms with E-state index >= 15 is 0 Å². The number of hydrogen-bond donors (Lipinski definition) is 1. The molecule has 3 nitrogen and oxygen atoms in total. The fourth-order valence-corrected chi connectivity index (χ4v) is 1.50. The normalized spacial score (nSPS) is 17.9. The van der Waals surface area contributed by atoms with Gasteiger partial charge in [0.15, 0.2) is 5.78 Å². The van der Waals surface area contributed by atoms with Crippen LogP contribution in [-0.2, 0) is 0 Å². The van der Waals surface area contributed by atoms with Gasteiger partial charge < -0.3 is 5.73 Å². The van der Waals surface area contributed by atoms with Gasteiger partial charge in [-0.25, -0.2) is 4.98 Å². The molecule has 0 atom stereocenters. The molecule has 0 aliphatic heterocycles. The van der Waals surface area contributed by atoms with Gasteiger partial charge in [0.25, 0.3) is 0 Å². The van der Waals surface area contributed by atoms with Crippen molar-refractivity contribution in [3.63, 3.8) is 0 Å². The fourth-order valence-electron chi connectivity index (χ4n) is 1.50. The van der Waals surface area contributed by atoms with Gasteiger partial charge in [-0.3, -0.25) is 4.79 Å². The van der Waals surface area contributed by atoms with E-state index in [0.717, 1.165) is 18.4 Å². The molecular formula is C11H14N2O. The largest absolute Gasteiger partial charge is 0.383 e. The molecule has 1 aliphatic carbocycles. The number of carbonyl (C=O) groups excluding carboxylic acids is 1. The third-order valence-corrected chi connectivity index (χ3v) is 2.85. The molecule has 1 heterocycles. The smallest absolute Gasteiger partial charge is 0.172 e. The maximum absolute atomic E-state index is 12.0. The van der Waals surface area contributed by atoms with Crippen LogP contribution >= 0.6 is 0 Å². The van der Waals surface area contributed by atoms with E-state index in [-0.39, 0.29) is 11.2 Å². The summed E-state index contributed by atoms with van der Waals surface area (Å²) in [6, 6.07) is 1.83. The second-order valence-electron chi connectivity index (χ2n) is 4.34. The number of pyridine rings is 1. The van der Waals surface area contributed by atoms with Crippen LogP contribution in [0.4, 0.5) is 5.82 Å². The maximum atomic E-state index is 12.0. The first-order valence-electron chi connectivity index (χ1n) is 4.80. The zero-order valence-corrected chi connectivity index (χ0v) is 8.50. The Bertz CT molecular complexity index is 394. The van der Waals surface area contributed by atoms with Gasteiger partial charge in [-0.1, -0.05) is 6.92 Å². The van der Waals surface area contributed by atoms with Gasteiger partial charge in [-0.05, 0) is 31.4 Å². The van der Waals surface area contributed by atoms with E-state index in [1.54, 1.807) is 6.20 Å². The summed E-state index contributed by atoms with van der Waals surface area (Å²) in [6.45, 7) is 3.90. The summed E-state index contributed by atoms with van der Waals surface area (Å²) in [6.07, 6.45) is 3.62. The Morgan fingerprint density at radius 1 is 1.57 bits per heavy atom. The molecule has 0 unspecified atom stereocenters. The molecular weight excluding hydrogens is 176 g/mol. The number of nitrogen functional groups attached to an aromatic ring is 1. The van der Waals surface area contributed by atoms with Crippen LogP contribution in [-0.4, -0.2) is 10.8 Å². The van der Waals surface area contributed by atoms with Gasteiger partial charge in [0.1, 0.15) is 5.82 Å². The van der Waals surface area contributed by atoms with Crippen molar-refractivity contribution >= 4 is 11.6 Å². The van der Waals surface area contributed by atoms with Crippen LogP contribution in [0, 0.1) is 12.3 Å². The van der Waals surface area contributed by atoms with Crippen molar-refractivity contribution in [1.29, 1.82) is 0 Å². The Kier molecular flexibility index (Phi) is 1.84. The summed E-state index contributed by atoms with van der Waals surface area (Å²) in [4.78, 5) is 16.0. The van der Waals surface area contributed by atoms with E-state index in [9.17, 15) is 4.79 Å². The molecule has 1 fully saturated rings. The van der Waals surface area contributed by atoms with Crippen molar-refractivity contribution in [1.82, 2.24) is 4.98 Å².